The van der Waals surface area contributed by atoms with Crippen LogP contribution >= 0.6 is 0 Å². The molecule has 0 unspecified atom stereocenters. The highest BCUT2D eigenvalue weighted by Crippen LogP contribution is 2.26. The van der Waals surface area contributed by atoms with Crippen molar-refractivity contribution in [1.82, 2.24) is 0 Å². The van der Waals surface area contributed by atoms with E-state index in [0.29, 0.717) is 16.9 Å². The van der Waals surface area contributed by atoms with Crippen molar-refractivity contribution in [2.75, 3.05) is 13.7 Å². The quantitative estimate of drug-likeness (QED) is 0.532. The number of fused-ring (bicyclic) bond motifs is 1. The van der Waals surface area contributed by atoms with Gasteiger partial charge < -0.3 is 9.47 Å². The zero-order chi connectivity index (χ0) is 16.9. The molecule has 0 aromatic heterocycles. The number of ether oxygens (including phenoxy) is 2. The van der Waals surface area contributed by atoms with Crippen molar-refractivity contribution in [3.8, 4) is 5.75 Å². The summed E-state index contributed by atoms with van der Waals surface area (Å²) in [6, 6.07) is 20.2. The molecule has 120 valence electrons. The molecule has 0 bridgehead atoms. The highest BCUT2D eigenvalue weighted by molar-refractivity contribution is 6.17. The summed E-state index contributed by atoms with van der Waals surface area (Å²) in [4.78, 5) is 24.3. The van der Waals surface area contributed by atoms with Gasteiger partial charge >= 0.3 is 5.97 Å². The Hall–Kier alpha value is -3.14. The third-order valence-corrected chi connectivity index (χ3v) is 3.74. The number of ketones is 1. The Morgan fingerprint density at radius 3 is 2.33 bits per heavy atom. The van der Waals surface area contributed by atoms with E-state index in [0.717, 1.165) is 10.8 Å². The Kier molecular flexibility index (Phi) is 4.57. The van der Waals surface area contributed by atoms with Gasteiger partial charge in [0.2, 0.25) is 0 Å². The number of carbonyl (C=O) groups excluding carboxylic acids is 2. The molecule has 0 aliphatic carbocycles. The molecule has 0 fully saturated rings. The summed E-state index contributed by atoms with van der Waals surface area (Å²) in [6.07, 6.45) is 0. The molecule has 3 aromatic carbocycles. The fourth-order valence-electron chi connectivity index (χ4n) is 2.54. The standard InChI is InChI=1S/C20H16O4/c1-23-19(21)13-24-18-12-5-4-10-17(18)20(22)16-11-6-8-14-7-2-3-9-15(14)16/h2-12H,13H2,1H3. The van der Waals surface area contributed by atoms with Crippen LogP contribution in [0.2, 0.25) is 0 Å². The Morgan fingerprint density at radius 2 is 1.50 bits per heavy atom. The van der Waals surface area contributed by atoms with Crippen molar-refractivity contribution < 1.29 is 19.1 Å². The van der Waals surface area contributed by atoms with Gasteiger partial charge in [-0.1, -0.05) is 54.6 Å². The first kappa shape index (κ1) is 15.7. The van der Waals surface area contributed by atoms with Crippen LogP contribution in [0.3, 0.4) is 0 Å². The molecule has 0 saturated carbocycles. The normalized spacial score (nSPS) is 10.4. The summed E-state index contributed by atoms with van der Waals surface area (Å²) in [5.74, 6) is -0.282. The number of benzene rings is 3. The molecule has 0 atom stereocenters. The van der Waals surface area contributed by atoms with E-state index in [1.54, 1.807) is 30.3 Å². The Balaban J connectivity index is 1.99. The van der Waals surface area contributed by atoms with Crippen molar-refractivity contribution in [3.63, 3.8) is 0 Å². The lowest BCUT2D eigenvalue weighted by Gasteiger charge is -2.11. The average molecular weight is 320 g/mol. The van der Waals surface area contributed by atoms with Gasteiger partial charge in [-0.05, 0) is 22.9 Å². The first-order valence-corrected chi connectivity index (χ1v) is 7.52. The van der Waals surface area contributed by atoms with Gasteiger partial charge in [-0.15, -0.1) is 0 Å². The number of hydrogen-bond donors (Lipinski definition) is 0. The predicted octanol–water partition coefficient (Wildman–Crippen LogP) is 3.62. The Labute approximate surface area is 139 Å². The summed E-state index contributed by atoms with van der Waals surface area (Å²) in [5, 5.41) is 1.88. The molecule has 0 heterocycles. The molecule has 3 rings (SSSR count). The molecule has 0 radical (unpaired) electrons. The SMILES string of the molecule is COC(=O)COc1ccccc1C(=O)c1cccc2ccccc12. The van der Waals surface area contributed by atoms with Crippen LogP contribution in [-0.4, -0.2) is 25.5 Å². The largest absolute Gasteiger partial charge is 0.481 e. The van der Waals surface area contributed by atoms with Gasteiger partial charge in [0.25, 0.3) is 0 Å². The summed E-state index contributed by atoms with van der Waals surface area (Å²) >= 11 is 0. The van der Waals surface area contributed by atoms with Crippen LogP contribution in [-0.2, 0) is 9.53 Å². The molecule has 0 aliphatic rings. The first-order valence-electron chi connectivity index (χ1n) is 7.52. The highest BCUT2D eigenvalue weighted by Gasteiger charge is 2.17. The molecule has 4 heteroatoms. The van der Waals surface area contributed by atoms with Gasteiger partial charge in [0.05, 0.1) is 12.7 Å². The highest BCUT2D eigenvalue weighted by atomic mass is 16.6. The van der Waals surface area contributed by atoms with E-state index < -0.39 is 5.97 Å². The number of rotatable bonds is 5. The van der Waals surface area contributed by atoms with Crippen LogP contribution in [0.1, 0.15) is 15.9 Å². The summed E-state index contributed by atoms with van der Waals surface area (Å²) in [7, 11) is 1.29. The van der Waals surface area contributed by atoms with E-state index in [-0.39, 0.29) is 12.4 Å². The van der Waals surface area contributed by atoms with Crippen molar-refractivity contribution in [2.24, 2.45) is 0 Å². The van der Waals surface area contributed by atoms with Gasteiger partial charge in [0.1, 0.15) is 5.75 Å². The van der Waals surface area contributed by atoms with E-state index in [2.05, 4.69) is 4.74 Å². The minimum atomic E-state index is -0.498. The van der Waals surface area contributed by atoms with E-state index in [1.165, 1.54) is 7.11 Å². The van der Waals surface area contributed by atoms with E-state index in [4.69, 9.17) is 4.74 Å². The van der Waals surface area contributed by atoms with Crippen molar-refractivity contribution in [2.45, 2.75) is 0 Å². The van der Waals surface area contributed by atoms with Crippen LogP contribution in [0.15, 0.2) is 66.7 Å². The predicted molar refractivity (Wildman–Crippen MR) is 91.3 cm³/mol. The molecule has 4 nitrogen and oxygen atoms in total. The molecule has 3 aromatic rings. The van der Waals surface area contributed by atoms with E-state index >= 15 is 0 Å². The van der Waals surface area contributed by atoms with Crippen molar-refractivity contribution >= 4 is 22.5 Å². The third kappa shape index (κ3) is 3.13. The number of methoxy groups -OCH3 is 1. The monoisotopic (exact) mass is 320 g/mol. The molecular weight excluding hydrogens is 304 g/mol. The molecule has 0 saturated heterocycles. The maximum Gasteiger partial charge on any atom is 0.343 e. The zero-order valence-electron chi connectivity index (χ0n) is 13.2. The van der Waals surface area contributed by atoms with Gasteiger partial charge in [0, 0.05) is 5.56 Å². The zero-order valence-corrected chi connectivity index (χ0v) is 13.2. The van der Waals surface area contributed by atoms with Gasteiger partial charge in [-0.2, -0.15) is 0 Å². The van der Waals surface area contributed by atoms with E-state index in [9.17, 15) is 9.59 Å². The topological polar surface area (TPSA) is 52.6 Å². The minimum Gasteiger partial charge on any atom is -0.481 e. The molecule has 0 spiro atoms. The van der Waals surface area contributed by atoms with Crippen molar-refractivity contribution in [1.29, 1.82) is 0 Å². The summed E-state index contributed by atoms with van der Waals surface area (Å²) in [6.45, 7) is -0.240. The second-order valence-corrected chi connectivity index (χ2v) is 5.22. The molecule has 24 heavy (non-hydrogen) atoms. The number of carbonyl (C=O) groups is 2. The fourth-order valence-corrected chi connectivity index (χ4v) is 2.54. The number of hydrogen-bond acceptors (Lipinski definition) is 4. The lowest BCUT2D eigenvalue weighted by atomic mass is 9.97. The van der Waals surface area contributed by atoms with Crippen LogP contribution in [0.25, 0.3) is 10.8 Å². The summed E-state index contributed by atoms with van der Waals surface area (Å²) in [5.41, 5.74) is 1.01. The Morgan fingerprint density at radius 1 is 0.833 bits per heavy atom. The van der Waals surface area contributed by atoms with Gasteiger partial charge in [-0.25, -0.2) is 4.79 Å². The second-order valence-electron chi connectivity index (χ2n) is 5.22. The first-order chi connectivity index (χ1) is 11.7. The Bertz CT molecular complexity index is 894. The number of esters is 1. The van der Waals surface area contributed by atoms with Crippen LogP contribution in [0.4, 0.5) is 0 Å². The molecule has 0 amide bonds. The third-order valence-electron chi connectivity index (χ3n) is 3.74. The maximum absolute atomic E-state index is 13.0. The average Bonchev–Trinajstić information content (AvgIpc) is 2.65. The maximum atomic E-state index is 13.0. The lowest BCUT2D eigenvalue weighted by Crippen LogP contribution is -2.14. The fraction of sp³-hybridized carbons (Fsp3) is 0.100. The number of para-hydroxylation sites is 1. The van der Waals surface area contributed by atoms with Crippen LogP contribution < -0.4 is 4.74 Å². The second kappa shape index (κ2) is 6.96. The molecule has 0 N–H and O–H groups in total. The van der Waals surface area contributed by atoms with Gasteiger partial charge in [-0.3, -0.25) is 4.79 Å². The van der Waals surface area contributed by atoms with Gasteiger partial charge in [0.15, 0.2) is 12.4 Å². The van der Waals surface area contributed by atoms with Crippen molar-refractivity contribution in [3.05, 3.63) is 77.9 Å². The smallest absolute Gasteiger partial charge is 0.343 e. The van der Waals surface area contributed by atoms with E-state index in [1.807, 2.05) is 36.4 Å². The summed E-state index contributed by atoms with van der Waals surface area (Å²) < 4.78 is 10.0. The van der Waals surface area contributed by atoms with Crippen LogP contribution in [0, 0.1) is 0 Å². The minimum absolute atomic E-state index is 0.146. The van der Waals surface area contributed by atoms with Crippen LogP contribution in [0.5, 0.6) is 5.75 Å². The molecular formula is C20H16O4. The lowest BCUT2D eigenvalue weighted by molar-refractivity contribution is -0.142. The molecule has 0 aliphatic heterocycles.